The maximum atomic E-state index is 14.0. The number of amides is 1. The Kier molecular flexibility index (Phi) is 7.52. The third-order valence-electron chi connectivity index (χ3n) is 8.06. The van der Waals surface area contributed by atoms with Crippen LogP contribution >= 0.6 is 0 Å². The Morgan fingerprint density at radius 2 is 1.87 bits per heavy atom. The number of nitrogens with one attached hydrogen (secondary N) is 1. The number of rotatable bonds is 8. The van der Waals surface area contributed by atoms with Crippen molar-refractivity contribution in [2.75, 3.05) is 53.4 Å². The number of hydrogen-bond acceptors (Lipinski definition) is 11. The summed E-state index contributed by atoms with van der Waals surface area (Å²) in [6, 6.07) is 0.693. The van der Waals surface area contributed by atoms with Gasteiger partial charge in [-0.1, -0.05) is 0 Å². The van der Waals surface area contributed by atoms with Crippen molar-refractivity contribution in [3.8, 4) is 5.75 Å². The Balaban J connectivity index is 1.92. The molecule has 1 aromatic carbocycles. The number of carbonyl (C=O) groups excluding carboxylic acids is 3. The third-order valence-corrected chi connectivity index (χ3v) is 8.06. The van der Waals surface area contributed by atoms with Crippen LogP contribution in [-0.4, -0.2) is 103 Å². The number of fused-ring (bicyclic) bond motifs is 3. The summed E-state index contributed by atoms with van der Waals surface area (Å²) in [5.41, 5.74) is 3.59. The van der Waals surface area contributed by atoms with E-state index in [4.69, 9.17) is 10.5 Å². The average Bonchev–Trinajstić information content (AvgIpc) is 2.84. The highest BCUT2D eigenvalue weighted by Crippen LogP contribution is 2.54. The Hall–Kier alpha value is -3.45. The molecule has 12 heteroatoms. The second-order valence-corrected chi connectivity index (χ2v) is 10.8. The number of anilines is 1. The van der Waals surface area contributed by atoms with E-state index in [2.05, 4.69) is 5.32 Å². The maximum absolute atomic E-state index is 14.0. The van der Waals surface area contributed by atoms with Crippen LogP contribution in [0.1, 0.15) is 23.1 Å². The summed E-state index contributed by atoms with van der Waals surface area (Å²) >= 11 is 0. The van der Waals surface area contributed by atoms with Crippen LogP contribution in [0.4, 0.5) is 5.69 Å². The standard InChI is InChI=1S/C27H36N4O8/c1-30(2)16-10-13(11-29-6-7-39-5)21(32)18-14(16)8-12-9-15-20(31(3)4)23(34)19(26(28)37)25(36)27(15,38)24(35)17(12)22(18)33/h10,12,15,20,29,32-33,36,38H,6-9,11H2,1-5H3,(H2,28,37)/t12?,15?,20-,27-/m0/s1. The minimum Gasteiger partial charge on any atom is -0.508 e. The van der Waals surface area contributed by atoms with Crippen molar-refractivity contribution < 1.29 is 39.5 Å². The quantitative estimate of drug-likeness (QED) is 0.187. The van der Waals surface area contributed by atoms with Crippen LogP contribution in [0.2, 0.25) is 0 Å². The molecule has 1 fully saturated rings. The van der Waals surface area contributed by atoms with Gasteiger partial charge in [-0.05, 0) is 44.5 Å². The summed E-state index contributed by atoms with van der Waals surface area (Å²) in [6.45, 7) is 1.23. The molecule has 7 N–H and O–H groups in total. The molecule has 3 aliphatic carbocycles. The average molecular weight is 545 g/mol. The largest absolute Gasteiger partial charge is 0.508 e. The number of aliphatic hydroxyl groups is 3. The molecule has 0 aliphatic heterocycles. The molecule has 12 nitrogen and oxygen atoms in total. The molecule has 1 amide bonds. The number of carbonyl (C=O) groups is 3. The highest BCUT2D eigenvalue weighted by Gasteiger charge is 2.64. The van der Waals surface area contributed by atoms with E-state index in [0.717, 1.165) is 5.69 Å². The molecule has 0 bridgehead atoms. The summed E-state index contributed by atoms with van der Waals surface area (Å²) < 4.78 is 5.04. The highest BCUT2D eigenvalue weighted by atomic mass is 16.5. The highest BCUT2D eigenvalue weighted by molar-refractivity contribution is 6.24. The lowest BCUT2D eigenvalue weighted by Gasteiger charge is -2.50. The zero-order valence-corrected chi connectivity index (χ0v) is 22.7. The Bertz CT molecular complexity index is 1300. The van der Waals surface area contributed by atoms with Gasteiger partial charge in [-0.3, -0.25) is 19.3 Å². The summed E-state index contributed by atoms with van der Waals surface area (Å²) in [7, 11) is 8.36. The number of methoxy groups -OCH3 is 1. The van der Waals surface area contributed by atoms with E-state index < -0.39 is 58.0 Å². The van der Waals surface area contributed by atoms with Gasteiger partial charge in [0.15, 0.2) is 11.4 Å². The van der Waals surface area contributed by atoms with Crippen LogP contribution in [0, 0.1) is 11.8 Å². The van der Waals surface area contributed by atoms with Gasteiger partial charge in [0.1, 0.15) is 22.8 Å². The number of ether oxygens (including phenoxy) is 1. The van der Waals surface area contributed by atoms with E-state index in [1.54, 1.807) is 21.2 Å². The molecule has 4 atom stereocenters. The van der Waals surface area contributed by atoms with Gasteiger partial charge in [-0.15, -0.1) is 0 Å². The lowest BCUT2D eigenvalue weighted by Crippen LogP contribution is -2.65. The molecule has 0 heterocycles. The Morgan fingerprint density at radius 1 is 1.21 bits per heavy atom. The molecular weight excluding hydrogens is 508 g/mol. The van der Waals surface area contributed by atoms with E-state index >= 15 is 0 Å². The van der Waals surface area contributed by atoms with Gasteiger partial charge >= 0.3 is 0 Å². The first kappa shape index (κ1) is 28.6. The van der Waals surface area contributed by atoms with Crippen LogP contribution in [-0.2, 0) is 32.1 Å². The van der Waals surface area contributed by atoms with Gasteiger partial charge in [0.05, 0.1) is 18.2 Å². The first-order chi connectivity index (χ1) is 18.3. The van der Waals surface area contributed by atoms with E-state index in [0.29, 0.717) is 24.3 Å². The van der Waals surface area contributed by atoms with Gasteiger partial charge < -0.3 is 41.1 Å². The van der Waals surface area contributed by atoms with Crippen molar-refractivity contribution in [3.63, 3.8) is 0 Å². The third kappa shape index (κ3) is 4.27. The number of Topliss-reactive ketones (excluding diaryl/α,β-unsaturated/α-hetero) is 2. The van der Waals surface area contributed by atoms with Crippen LogP contribution in [0.25, 0.3) is 5.76 Å². The number of phenols is 1. The topological polar surface area (TPSA) is 186 Å². The minimum atomic E-state index is -2.66. The maximum Gasteiger partial charge on any atom is 0.255 e. The van der Waals surface area contributed by atoms with Gasteiger partial charge in [0.25, 0.3) is 5.91 Å². The van der Waals surface area contributed by atoms with Gasteiger partial charge in [0.2, 0.25) is 5.78 Å². The molecule has 2 unspecified atom stereocenters. The number of phenolic OH excluding ortho intramolecular Hbond substituents is 1. The minimum absolute atomic E-state index is 0.0414. The second kappa shape index (κ2) is 10.3. The Morgan fingerprint density at radius 3 is 2.44 bits per heavy atom. The molecule has 0 radical (unpaired) electrons. The zero-order chi connectivity index (χ0) is 29.0. The van der Waals surface area contributed by atoms with E-state index in [1.165, 1.54) is 4.90 Å². The normalized spacial score (nSPS) is 26.5. The monoisotopic (exact) mass is 544 g/mol. The number of benzene rings is 1. The molecule has 0 aromatic heterocycles. The fourth-order valence-corrected chi connectivity index (χ4v) is 6.28. The predicted octanol–water partition coefficient (Wildman–Crippen LogP) is -0.234. The van der Waals surface area contributed by atoms with Gasteiger partial charge in [-0.25, -0.2) is 0 Å². The summed E-state index contributed by atoms with van der Waals surface area (Å²) in [6.07, 6.45) is 0.271. The number of nitrogens with two attached hydrogens (primary N) is 1. The number of nitrogens with zero attached hydrogens (tertiary/aromatic N) is 2. The molecule has 4 rings (SSSR count). The number of aliphatic hydroxyl groups excluding tert-OH is 2. The fourth-order valence-electron chi connectivity index (χ4n) is 6.28. The van der Waals surface area contributed by atoms with Crippen molar-refractivity contribution in [2.24, 2.45) is 17.6 Å². The van der Waals surface area contributed by atoms with E-state index in [9.17, 15) is 34.8 Å². The van der Waals surface area contributed by atoms with E-state index in [1.807, 2.05) is 25.1 Å². The molecule has 39 heavy (non-hydrogen) atoms. The summed E-state index contributed by atoms with van der Waals surface area (Å²) in [4.78, 5) is 42.6. The number of aromatic hydroxyl groups is 1. The first-order valence-electron chi connectivity index (χ1n) is 12.7. The number of ketones is 2. The molecule has 3 aliphatic rings. The second-order valence-electron chi connectivity index (χ2n) is 10.8. The van der Waals surface area contributed by atoms with Crippen LogP contribution in [0.15, 0.2) is 23.0 Å². The van der Waals surface area contributed by atoms with Crippen molar-refractivity contribution >= 4 is 28.9 Å². The van der Waals surface area contributed by atoms with Crippen molar-refractivity contribution in [3.05, 3.63) is 39.7 Å². The molecule has 0 saturated heterocycles. The van der Waals surface area contributed by atoms with E-state index in [-0.39, 0.29) is 36.3 Å². The number of hydrogen-bond donors (Lipinski definition) is 6. The molecule has 212 valence electrons. The molecule has 1 aromatic rings. The Labute approximate surface area is 226 Å². The fraction of sp³-hybridized carbons (Fsp3) is 0.519. The summed E-state index contributed by atoms with van der Waals surface area (Å²) in [5.74, 6) is -6.65. The van der Waals surface area contributed by atoms with Crippen molar-refractivity contribution in [1.29, 1.82) is 0 Å². The van der Waals surface area contributed by atoms with Crippen LogP contribution in [0.5, 0.6) is 5.75 Å². The van der Waals surface area contributed by atoms with Crippen LogP contribution < -0.4 is 16.0 Å². The van der Waals surface area contributed by atoms with Crippen LogP contribution in [0.3, 0.4) is 0 Å². The summed E-state index contributed by atoms with van der Waals surface area (Å²) in [5, 5.41) is 48.6. The van der Waals surface area contributed by atoms with Gasteiger partial charge in [-0.2, -0.15) is 0 Å². The molecule has 0 spiro atoms. The molecule has 1 saturated carbocycles. The lowest BCUT2D eigenvalue weighted by molar-refractivity contribution is -0.153. The van der Waals surface area contributed by atoms with Crippen molar-refractivity contribution in [2.45, 2.75) is 31.0 Å². The lowest BCUT2D eigenvalue weighted by atomic mass is 9.57. The first-order valence-corrected chi connectivity index (χ1v) is 12.7. The smallest absolute Gasteiger partial charge is 0.255 e. The van der Waals surface area contributed by atoms with Gasteiger partial charge in [0, 0.05) is 57.0 Å². The van der Waals surface area contributed by atoms with Crippen molar-refractivity contribution in [1.82, 2.24) is 10.2 Å². The SMILES string of the molecule is COCCNCc1cc(N(C)C)c2c(c1O)C(O)=C1C(=O)[C@]3(O)C(O)=C(C(N)=O)C(=O)[C@@H](N(C)C)C3CC1C2. The predicted molar refractivity (Wildman–Crippen MR) is 142 cm³/mol. The number of primary amides is 1. The number of likely N-dealkylation sites (N-methyl/N-ethyl adjacent to an activating group) is 1. The zero-order valence-electron chi connectivity index (χ0n) is 22.7. The molecular formula is C27H36N4O8.